The quantitative estimate of drug-likeness (QED) is 0.213. The molecule has 2 aromatic heterocycles. The van der Waals surface area contributed by atoms with Crippen molar-refractivity contribution in [2.75, 3.05) is 26.1 Å². The summed E-state index contributed by atoms with van der Waals surface area (Å²) < 4.78 is 30.3. The Labute approximate surface area is 226 Å². The van der Waals surface area contributed by atoms with Crippen LogP contribution in [0, 0.1) is 0 Å². The van der Waals surface area contributed by atoms with Gasteiger partial charge in [-0.15, -0.1) is 0 Å². The highest BCUT2D eigenvalue weighted by Crippen LogP contribution is 2.39. The van der Waals surface area contributed by atoms with Crippen LogP contribution in [0.2, 0.25) is 0 Å². The lowest BCUT2D eigenvalue weighted by Crippen LogP contribution is -2.22. The molecule has 2 N–H and O–H groups in total. The highest BCUT2D eigenvalue weighted by atomic mass is 32.2. The second-order valence-corrected chi connectivity index (χ2v) is 8.37. The van der Waals surface area contributed by atoms with Gasteiger partial charge in [-0.2, -0.15) is 0 Å². The predicted molar refractivity (Wildman–Crippen MR) is 147 cm³/mol. The smallest absolute Gasteiger partial charge is 0.407 e. The maximum Gasteiger partial charge on any atom is 0.407 e. The molecule has 1 amide bonds. The van der Waals surface area contributed by atoms with Gasteiger partial charge >= 0.3 is 6.09 Å². The number of methoxy groups -OCH3 is 3. The number of amides is 1. The molecule has 2 aromatic carbocycles. The van der Waals surface area contributed by atoms with Crippen molar-refractivity contribution in [3.8, 4) is 23.1 Å². The van der Waals surface area contributed by atoms with Crippen molar-refractivity contribution in [1.29, 1.82) is 0 Å². The Balaban J connectivity index is 0.00000195. The van der Waals surface area contributed by atoms with Crippen LogP contribution < -0.4 is 24.2 Å². The van der Waals surface area contributed by atoms with Crippen LogP contribution in [0.5, 0.6) is 23.1 Å². The molecule has 38 heavy (non-hydrogen) atoms. The largest absolute Gasteiger partial charge is 0.496 e. The van der Waals surface area contributed by atoms with Crippen LogP contribution in [0.25, 0.3) is 11.0 Å². The first kappa shape index (κ1) is 28.5. The number of aryl methyl sites for hydroxylation is 1. The number of fused-ring (bicyclic) bond motifs is 1. The number of benzene rings is 2. The summed E-state index contributed by atoms with van der Waals surface area (Å²) in [5.41, 5.74) is 2.48. The lowest BCUT2D eigenvalue weighted by Gasteiger charge is -2.11. The molecule has 10 nitrogen and oxygen atoms in total. The summed E-state index contributed by atoms with van der Waals surface area (Å²) in [5, 5.41) is 7.45. The Morgan fingerprint density at radius 1 is 1.00 bits per heavy atom. The lowest BCUT2D eigenvalue weighted by atomic mass is 10.2. The maximum absolute atomic E-state index is 11.2. The third-order valence-electron chi connectivity index (χ3n) is 5.27. The maximum atomic E-state index is 11.2. The van der Waals surface area contributed by atoms with Crippen LogP contribution >= 0.6 is 11.9 Å². The number of hydrogen-bond donors (Lipinski definition) is 2. The van der Waals surface area contributed by atoms with Crippen LogP contribution in [-0.2, 0) is 17.7 Å². The number of nitrogens with one attached hydrogen (secondary N) is 2. The zero-order valence-electron chi connectivity index (χ0n) is 22.3. The minimum Gasteiger partial charge on any atom is -0.496 e. The van der Waals surface area contributed by atoms with Gasteiger partial charge in [0, 0.05) is 30.9 Å². The molecule has 2 heterocycles. The van der Waals surface area contributed by atoms with Gasteiger partial charge in [0.25, 0.3) is 0 Å². The van der Waals surface area contributed by atoms with Gasteiger partial charge < -0.3 is 33.5 Å². The molecular formula is C27H32N4O6S. The van der Waals surface area contributed by atoms with Gasteiger partial charge in [0.15, 0.2) is 11.4 Å². The number of carbonyl (C=O) groups is 1. The summed E-state index contributed by atoms with van der Waals surface area (Å²) in [6, 6.07) is 13.0. The van der Waals surface area contributed by atoms with E-state index in [0.29, 0.717) is 40.7 Å². The van der Waals surface area contributed by atoms with Gasteiger partial charge in [0.2, 0.25) is 5.88 Å². The SMILES string of the molecule is CC.CCc1ccc(OC)c(SNc2noc3cc(Oc4ccc(CNC(=O)OC)cn4)cc(OC)c23)c1. The minimum absolute atomic E-state index is 0.292. The Morgan fingerprint density at radius 3 is 2.42 bits per heavy atom. The van der Waals surface area contributed by atoms with E-state index in [-0.39, 0.29) is 0 Å². The molecule has 0 unspecified atom stereocenters. The molecule has 0 aliphatic carbocycles. The van der Waals surface area contributed by atoms with E-state index in [1.165, 1.54) is 24.6 Å². The fourth-order valence-electron chi connectivity index (χ4n) is 3.37. The number of rotatable bonds is 10. The first-order chi connectivity index (χ1) is 18.5. The normalized spacial score (nSPS) is 10.3. The molecule has 0 aliphatic heterocycles. The highest BCUT2D eigenvalue weighted by Gasteiger charge is 2.18. The topological polar surface area (TPSA) is 117 Å². The van der Waals surface area contributed by atoms with E-state index in [1.54, 1.807) is 44.7 Å². The molecular weight excluding hydrogens is 508 g/mol. The van der Waals surface area contributed by atoms with E-state index < -0.39 is 6.09 Å². The van der Waals surface area contributed by atoms with Gasteiger partial charge in [-0.25, -0.2) is 9.78 Å². The van der Waals surface area contributed by atoms with Crippen molar-refractivity contribution in [3.05, 3.63) is 59.8 Å². The second kappa shape index (κ2) is 14.0. The molecule has 0 saturated heterocycles. The molecule has 0 fully saturated rings. The number of carbonyl (C=O) groups excluding carboxylic acids is 1. The molecule has 0 aliphatic rings. The third-order valence-corrected chi connectivity index (χ3v) is 6.10. The molecule has 202 valence electrons. The Kier molecular flexibility index (Phi) is 10.5. The molecule has 0 spiro atoms. The summed E-state index contributed by atoms with van der Waals surface area (Å²) in [5.74, 6) is 2.65. The van der Waals surface area contributed by atoms with Crippen molar-refractivity contribution in [3.63, 3.8) is 0 Å². The summed E-state index contributed by atoms with van der Waals surface area (Å²) in [6.45, 7) is 6.39. The van der Waals surface area contributed by atoms with Gasteiger partial charge in [-0.3, -0.25) is 0 Å². The summed E-state index contributed by atoms with van der Waals surface area (Å²) >= 11 is 1.38. The number of alkyl carbamates (subject to hydrolysis) is 1. The van der Waals surface area contributed by atoms with E-state index in [9.17, 15) is 4.79 Å². The molecule has 4 aromatic rings. The molecule has 0 bridgehead atoms. The molecule has 11 heteroatoms. The van der Waals surface area contributed by atoms with Gasteiger partial charge in [-0.05, 0) is 41.6 Å². The van der Waals surface area contributed by atoms with Gasteiger partial charge in [0.1, 0.15) is 22.6 Å². The van der Waals surface area contributed by atoms with Crippen molar-refractivity contribution in [1.82, 2.24) is 15.5 Å². The van der Waals surface area contributed by atoms with Gasteiger partial charge in [-0.1, -0.05) is 38.1 Å². The number of anilines is 1. The lowest BCUT2D eigenvalue weighted by molar-refractivity contribution is 0.170. The number of hydrogen-bond acceptors (Lipinski definition) is 10. The first-order valence-electron chi connectivity index (χ1n) is 12.1. The first-order valence-corrected chi connectivity index (χ1v) is 12.9. The van der Waals surface area contributed by atoms with E-state index in [4.69, 9.17) is 18.7 Å². The number of nitrogens with zero attached hydrogens (tertiary/aromatic N) is 2. The van der Waals surface area contributed by atoms with Crippen LogP contribution in [0.15, 0.2) is 58.1 Å². The van der Waals surface area contributed by atoms with E-state index in [2.05, 4.69) is 37.9 Å². The molecule has 0 radical (unpaired) electrons. The molecule has 0 saturated carbocycles. The average molecular weight is 541 g/mol. The fraction of sp³-hybridized carbons (Fsp3) is 0.296. The summed E-state index contributed by atoms with van der Waals surface area (Å²) in [7, 11) is 4.52. The number of ether oxygens (including phenoxy) is 4. The Bertz CT molecular complexity index is 1340. The Hall–Kier alpha value is -4.12. The van der Waals surface area contributed by atoms with Crippen molar-refractivity contribution < 1.29 is 28.3 Å². The van der Waals surface area contributed by atoms with Gasteiger partial charge in [0.05, 0.1) is 26.2 Å². The highest BCUT2D eigenvalue weighted by molar-refractivity contribution is 8.00. The standard InChI is InChI=1S/C25H26N4O6S.C2H6/c1-5-15-6-8-18(31-2)21(10-15)36-29-24-23-19(32-3)11-17(12-20(23)35-28-24)34-22-9-7-16(13-26-22)14-27-25(30)33-4;1-2/h6-13H,5,14H2,1-4H3,(H,27,30)(H,28,29);1-2H3. The van der Waals surface area contributed by atoms with Crippen molar-refractivity contribution in [2.45, 2.75) is 38.6 Å². The zero-order chi connectivity index (χ0) is 27.5. The van der Waals surface area contributed by atoms with Crippen molar-refractivity contribution in [2.24, 2.45) is 0 Å². The Morgan fingerprint density at radius 2 is 1.76 bits per heavy atom. The van der Waals surface area contributed by atoms with E-state index >= 15 is 0 Å². The summed E-state index contributed by atoms with van der Waals surface area (Å²) in [4.78, 5) is 16.4. The van der Waals surface area contributed by atoms with Crippen LogP contribution in [0.1, 0.15) is 31.9 Å². The minimum atomic E-state index is -0.511. The summed E-state index contributed by atoms with van der Waals surface area (Å²) in [6.07, 6.45) is 2.02. The number of pyridine rings is 1. The third kappa shape index (κ3) is 7.00. The fourth-order valence-corrected chi connectivity index (χ4v) is 4.18. The molecule has 4 rings (SSSR count). The van der Waals surface area contributed by atoms with Crippen LogP contribution in [-0.4, -0.2) is 37.6 Å². The zero-order valence-corrected chi connectivity index (χ0v) is 23.1. The average Bonchev–Trinajstić information content (AvgIpc) is 3.38. The van der Waals surface area contributed by atoms with E-state index in [1.807, 2.05) is 26.0 Å². The monoisotopic (exact) mass is 540 g/mol. The van der Waals surface area contributed by atoms with Crippen LogP contribution in [0.3, 0.4) is 0 Å². The second-order valence-electron chi connectivity index (χ2n) is 7.52. The van der Waals surface area contributed by atoms with Crippen molar-refractivity contribution >= 4 is 34.8 Å². The molecule has 0 atom stereocenters. The predicted octanol–water partition coefficient (Wildman–Crippen LogP) is 6.60. The number of aromatic nitrogens is 2. The van der Waals surface area contributed by atoms with Crippen LogP contribution in [0.4, 0.5) is 10.6 Å². The van der Waals surface area contributed by atoms with E-state index in [0.717, 1.165) is 22.6 Å².